The lowest BCUT2D eigenvalue weighted by molar-refractivity contribution is -0.154. The molecule has 3 atom stereocenters. The lowest BCUT2D eigenvalue weighted by atomic mass is 10.1. The minimum atomic E-state index is -4.52. The average Bonchev–Trinajstić information content (AvgIpc) is 3.16. The van der Waals surface area contributed by atoms with Crippen molar-refractivity contribution in [3.05, 3.63) is 36.5 Å². The van der Waals surface area contributed by atoms with E-state index in [1.54, 1.807) is 0 Å². The van der Waals surface area contributed by atoms with Crippen LogP contribution >= 0.6 is 7.82 Å². The van der Waals surface area contributed by atoms with Gasteiger partial charge in [-0.3, -0.25) is 13.8 Å². The Kier molecular flexibility index (Phi) is 40.3. The highest BCUT2D eigenvalue weighted by atomic mass is 31.2. The molecule has 0 aliphatic rings. The molecule has 0 aliphatic heterocycles. The number of hydrogen-bond acceptors (Lipinski definition) is 8. The lowest BCUT2D eigenvalue weighted by Gasteiger charge is -2.20. The zero-order valence-corrected chi connectivity index (χ0v) is 35.6. The highest BCUT2D eigenvalue weighted by molar-refractivity contribution is 7.47. The molecule has 0 amide bonds. The first kappa shape index (κ1) is 52.7. The number of hydrogen-bond donors (Lipinski definition) is 3. The predicted molar refractivity (Wildman–Crippen MR) is 224 cm³/mol. The van der Waals surface area contributed by atoms with Crippen LogP contribution in [0.1, 0.15) is 194 Å². The van der Waals surface area contributed by atoms with E-state index in [9.17, 15) is 19.4 Å². The number of phosphoric ester groups is 1. The molecule has 0 aromatic rings. The van der Waals surface area contributed by atoms with E-state index in [1.165, 1.54) is 103 Å². The minimum Gasteiger partial charge on any atom is -0.457 e. The van der Waals surface area contributed by atoms with E-state index in [0.29, 0.717) is 6.61 Å². The first-order chi connectivity index (χ1) is 26.3. The van der Waals surface area contributed by atoms with Gasteiger partial charge in [0, 0.05) is 13.0 Å². The Bertz CT molecular complexity index is 939. The van der Waals surface area contributed by atoms with Gasteiger partial charge in [0.2, 0.25) is 0 Å². The molecule has 0 aromatic heterocycles. The third-order valence-electron chi connectivity index (χ3n) is 9.30. The second-order valence-corrected chi connectivity index (χ2v) is 16.2. The van der Waals surface area contributed by atoms with Crippen molar-refractivity contribution in [2.45, 2.75) is 206 Å². The summed E-state index contributed by atoms with van der Waals surface area (Å²) in [4.78, 5) is 22.5. The van der Waals surface area contributed by atoms with Gasteiger partial charge in [-0.15, -0.1) is 0 Å². The topological polar surface area (TPSA) is 132 Å². The van der Waals surface area contributed by atoms with Gasteiger partial charge >= 0.3 is 13.8 Å². The molecule has 0 saturated heterocycles. The van der Waals surface area contributed by atoms with Gasteiger partial charge in [-0.2, -0.15) is 0 Å². The fourth-order valence-electron chi connectivity index (χ4n) is 5.90. The Morgan fingerprint density at radius 1 is 0.574 bits per heavy atom. The number of aliphatic hydroxyl groups is 2. The summed E-state index contributed by atoms with van der Waals surface area (Å²) in [6.45, 7) is 3.46. The third-order valence-corrected chi connectivity index (χ3v) is 10.2. The Hall–Kier alpha value is -1.32. The fourth-order valence-corrected chi connectivity index (χ4v) is 6.69. The number of aliphatic hydroxyl groups excluding tert-OH is 2. The van der Waals surface area contributed by atoms with E-state index in [4.69, 9.17) is 23.6 Å². The van der Waals surface area contributed by atoms with Gasteiger partial charge in [0.1, 0.15) is 12.2 Å². The SMILES string of the molecule is CCCC/C=C\CCCCCCCC(=O)OC(COCCCCCCCCCCCC/C=C\C/C=C\CCCCCCC)COP(=O)(O)OCC(O)CO. The van der Waals surface area contributed by atoms with Gasteiger partial charge in [0.05, 0.1) is 26.4 Å². The molecule has 0 rings (SSSR count). The molecule has 0 heterocycles. The number of esters is 1. The Balaban J connectivity index is 4.08. The van der Waals surface area contributed by atoms with Crippen LogP contribution in [0, 0.1) is 0 Å². The molecule has 9 nitrogen and oxygen atoms in total. The summed E-state index contributed by atoms with van der Waals surface area (Å²) in [6, 6.07) is 0. The standard InChI is InChI=1S/C44H83O9P/c1-3-5-7-9-11-13-15-16-17-18-19-20-21-22-23-24-25-27-29-31-33-35-37-50-40-43(41-52-54(48,49)51-39-42(46)38-45)53-44(47)36-34-32-30-28-26-14-12-10-8-6-4-2/h10,12,15-16,18-19,42-43,45-46H,3-9,11,13-14,17,20-41H2,1-2H3,(H,48,49)/b12-10-,16-15-,19-18-. The van der Waals surface area contributed by atoms with Crippen molar-refractivity contribution in [3.8, 4) is 0 Å². The summed E-state index contributed by atoms with van der Waals surface area (Å²) >= 11 is 0. The van der Waals surface area contributed by atoms with E-state index in [1.807, 2.05) is 0 Å². The van der Waals surface area contributed by atoms with Gasteiger partial charge < -0.3 is 24.6 Å². The van der Waals surface area contributed by atoms with E-state index in [0.717, 1.165) is 70.6 Å². The summed E-state index contributed by atoms with van der Waals surface area (Å²) in [7, 11) is -4.52. The van der Waals surface area contributed by atoms with Crippen molar-refractivity contribution < 1.29 is 43.0 Å². The van der Waals surface area contributed by atoms with Crippen LogP contribution < -0.4 is 0 Å². The Morgan fingerprint density at radius 3 is 1.56 bits per heavy atom. The molecular weight excluding hydrogens is 703 g/mol. The van der Waals surface area contributed by atoms with Gasteiger partial charge in [-0.25, -0.2) is 4.57 Å². The van der Waals surface area contributed by atoms with Gasteiger partial charge in [0.15, 0.2) is 0 Å². The Labute approximate surface area is 331 Å². The van der Waals surface area contributed by atoms with Gasteiger partial charge in [-0.1, -0.05) is 159 Å². The minimum absolute atomic E-state index is 0.0445. The zero-order chi connectivity index (χ0) is 39.6. The number of phosphoric acid groups is 1. The van der Waals surface area contributed by atoms with Gasteiger partial charge in [-0.05, 0) is 64.2 Å². The van der Waals surface area contributed by atoms with Crippen molar-refractivity contribution in [2.75, 3.05) is 33.0 Å². The van der Waals surface area contributed by atoms with Crippen molar-refractivity contribution >= 4 is 13.8 Å². The van der Waals surface area contributed by atoms with Crippen LogP contribution in [0.3, 0.4) is 0 Å². The summed E-state index contributed by atoms with van der Waals surface area (Å²) in [5.74, 6) is -0.394. The van der Waals surface area contributed by atoms with E-state index < -0.39 is 39.2 Å². The van der Waals surface area contributed by atoms with E-state index in [2.05, 4.69) is 50.3 Å². The lowest BCUT2D eigenvalue weighted by Crippen LogP contribution is -2.29. The molecule has 0 spiro atoms. The first-order valence-corrected chi connectivity index (χ1v) is 23.5. The third kappa shape index (κ3) is 40.3. The molecular formula is C44H83O9P. The quantitative estimate of drug-likeness (QED) is 0.0239. The molecule has 3 unspecified atom stereocenters. The second-order valence-electron chi connectivity index (χ2n) is 14.7. The number of unbranched alkanes of at least 4 members (excludes halogenated alkanes) is 22. The Morgan fingerprint density at radius 2 is 1.02 bits per heavy atom. The van der Waals surface area contributed by atoms with Crippen LogP contribution in [-0.2, 0) is 27.9 Å². The van der Waals surface area contributed by atoms with Crippen molar-refractivity contribution in [2.24, 2.45) is 0 Å². The maximum atomic E-state index is 12.6. The van der Waals surface area contributed by atoms with Crippen LogP contribution in [0.5, 0.6) is 0 Å². The average molecular weight is 787 g/mol. The molecule has 0 bridgehead atoms. The maximum absolute atomic E-state index is 12.6. The monoisotopic (exact) mass is 787 g/mol. The predicted octanol–water partition coefficient (Wildman–Crippen LogP) is 12.0. The molecule has 0 saturated carbocycles. The fraction of sp³-hybridized carbons (Fsp3) is 0.841. The van der Waals surface area contributed by atoms with Crippen LogP contribution in [0.25, 0.3) is 0 Å². The molecule has 0 aromatic carbocycles. The van der Waals surface area contributed by atoms with Crippen LogP contribution in [0.2, 0.25) is 0 Å². The molecule has 0 aliphatic carbocycles. The normalized spacial score (nSPS) is 14.4. The van der Waals surface area contributed by atoms with Crippen LogP contribution in [0.15, 0.2) is 36.5 Å². The number of allylic oxidation sites excluding steroid dienone is 6. The number of ether oxygens (including phenoxy) is 2. The van der Waals surface area contributed by atoms with E-state index >= 15 is 0 Å². The molecule has 3 N–H and O–H groups in total. The molecule has 0 fully saturated rings. The van der Waals surface area contributed by atoms with Crippen LogP contribution in [0.4, 0.5) is 0 Å². The number of carbonyl (C=O) groups excluding carboxylic acids is 1. The zero-order valence-electron chi connectivity index (χ0n) is 34.7. The number of rotatable bonds is 42. The van der Waals surface area contributed by atoms with Crippen molar-refractivity contribution in [3.63, 3.8) is 0 Å². The molecule has 54 heavy (non-hydrogen) atoms. The smallest absolute Gasteiger partial charge is 0.457 e. The molecule has 10 heteroatoms. The summed E-state index contributed by atoms with van der Waals surface area (Å²) < 4.78 is 33.3. The van der Waals surface area contributed by atoms with Crippen molar-refractivity contribution in [1.29, 1.82) is 0 Å². The maximum Gasteiger partial charge on any atom is 0.472 e. The first-order valence-electron chi connectivity index (χ1n) is 22.0. The molecule has 318 valence electrons. The van der Waals surface area contributed by atoms with Gasteiger partial charge in [0.25, 0.3) is 0 Å². The summed E-state index contributed by atoms with van der Waals surface area (Å²) in [5.41, 5.74) is 0. The molecule has 0 radical (unpaired) electrons. The highest BCUT2D eigenvalue weighted by Crippen LogP contribution is 2.43. The largest absolute Gasteiger partial charge is 0.472 e. The van der Waals surface area contributed by atoms with Crippen molar-refractivity contribution in [1.82, 2.24) is 0 Å². The number of carbonyl (C=O) groups is 1. The summed E-state index contributed by atoms with van der Waals surface area (Å²) in [5, 5.41) is 18.3. The highest BCUT2D eigenvalue weighted by Gasteiger charge is 2.26. The summed E-state index contributed by atoms with van der Waals surface area (Å²) in [6.07, 6.45) is 44.0. The van der Waals surface area contributed by atoms with E-state index in [-0.39, 0.29) is 19.6 Å². The second kappa shape index (κ2) is 41.3. The van der Waals surface area contributed by atoms with Crippen LogP contribution in [-0.4, -0.2) is 66.3 Å².